The minimum Gasteiger partial charge on any atom is -0.478 e. The minimum absolute atomic E-state index is 0.0396. The van der Waals surface area contributed by atoms with Crippen molar-refractivity contribution in [1.29, 1.82) is 0 Å². The Hall–Kier alpha value is -2.35. The standard InChI is InChI=1S/C12H10FN3O3S/c1-6-9(12(18)19)11(20-15-6)16(2)10(17)7-4-3-5-8(13)14-7/h3-5H,1-2H3,(H,18,19). The van der Waals surface area contributed by atoms with Gasteiger partial charge in [-0.25, -0.2) is 9.78 Å². The Balaban J connectivity index is 2.39. The second kappa shape index (κ2) is 5.33. The number of hydrogen-bond donors (Lipinski definition) is 1. The van der Waals surface area contributed by atoms with E-state index in [0.717, 1.165) is 22.5 Å². The molecule has 2 heterocycles. The summed E-state index contributed by atoms with van der Waals surface area (Å²) < 4.78 is 16.9. The normalized spacial score (nSPS) is 10.3. The highest BCUT2D eigenvalue weighted by atomic mass is 32.1. The quantitative estimate of drug-likeness (QED) is 0.875. The van der Waals surface area contributed by atoms with E-state index in [1.54, 1.807) is 6.92 Å². The lowest BCUT2D eigenvalue weighted by atomic mass is 10.2. The second-order valence-corrected chi connectivity index (χ2v) is 4.71. The van der Waals surface area contributed by atoms with E-state index in [0.29, 0.717) is 5.69 Å². The molecule has 2 rings (SSSR count). The molecule has 0 fully saturated rings. The van der Waals surface area contributed by atoms with Gasteiger partial charge < -0.3 is 5.11 Å². The number of nitrogens with zero attached hydrogens (tertiary/aromatic N) is 3. The zero-order valence-corrected chi connectivity index (χ0v) is 11.4. The Morgan fingerprint density at radius 2 is 2.10 bits per heavy atom. The molecule has 0 bridgehead atoms. The first kappa shape index (κ1) is 14.1. The number of aryl methyl sites for hydroxylation is 1. The number of carbonyl (C=O) groups excluding carboxylic acids is 1. The number of anilines is 1. The van der Waals surface area contributed by atoms with E-state index in [2.05, 4.69) is 9.36 Å². The molecule has 0 radical (unpaired) electrons. The van der Waals surface area contributed by atoms with Crippen LogP contribution in [0.2, 0.25) is 0 Å². The predicted octanol–water partition coefficient (Wildman–Crippen LogP) is 1.96. The van der Waals surface area contributed by atoms with Gasteiger partial charge in [-0.2, -0.15) is 8.76 Å². The molecule has 2 aromatic rings. The van der Waals surface area contributed by atoms with Gasteiger partial charge in [0, 0.05) is 7.05 Å². The molecule has 0 aromatic carbocycles. The fraction of sp³-hybridized carbons (Fsp3) is 0.167. The highest BCUT2D eigenvalue weighted by Gasteiger charge is 2.25. The third-order valence-electron chi connectivity index (χ3n) is 2.60. The topological polar surface area (TPSA) is 83.4 Å². The van der Waals surface area contributed by atoms with Gasteiger partial charge >= 0.3 is 5.97 Å². The SMILES string of the molecule is Cc1nsc(N(C)C(=O)c2cccc(F)n2)c1C(=O)O. The third-order valence-corrected chi connectivity index (χ3v) is 3.62. The van der Waals surface area contributed by atoms with Crippen molar-refractivity contribution in [2.24, 2.45) is 0 Å². The first-order valence-corrected chi connectivity index (χ1v) is 6.29. The van der Waals surface area contributed by atoms with Gasteiger partial charge in [0.15, 0.2) is 0 Å². The molecule has 0 saturated carbocycles. The molecule has 0 unspecified atom stereocenters. The van der Waals surface area contributed by atoms with E-state index >= 15 is 0 Å². The fourth-order valence-corrected chi connectivity index (χ4v) is 2.47. The van der Waals surface area contributed by atoms with Crippen LogP contribution in [0.3, 0.4) is 0 Å². The van der Waals surface area contributed by atoms with Crippen LogP contribution in [0.25, 0.3) is 0 Å². The van der Waals surface area contributed by atoms with Crippen LogP contribution in [-0.4, -0.2) is 33.4 Å². The molecule has 0 aliphatic rings. The molecule has 6 nitrogen and oxygen atoms in total. The monoisotopic (exact) mass is 295 g/mol. The largest absolute Gasteiger partial charge is 0.478 e. The van der Waals surface area contributed by atoms with Gasteiger partial charge in [-0.15, -0.1) is 0 Å². The van der Waals surface area contributed by atoms with E-state index in [-0.39, 0.29) is 16.3 Å². The van der Waals surface area contributed by atoms with Gasteiger partial charge in [-0.1, -0.05) is 6.07 Å². The van der Waals surface area contributed by atoms with E-state index in [4.69, 9.17) is 5.11 Å². The average Bonchev–Trinajstić information content (AvgIpc) is 2.79. The Kier molecular flexibility index (Phi) is 3.75. The number of carboxylic acid groups (broad SMARTS) is 1. The Morgan fingerprint density at radius 3 is 2.70 bits per heavy atom. The molecule has 20 heavy (non-hydrogen) atoms. The number of amides is 1. The van der Waals surface area contributed by atoms with Gasteiger partial charge in [-0.05, 0) is 30.6 Å². The summed E-state index contributed by atoms with van der Waals surface area (Å²) >= 11 is 0.893. The highest BCUT2D eigenvalue weighted by molar-refractivity contribution is 7.11. The summed E-state index contributed by atoms with van der Waals surface area (Å²) in [6.45, 7) is 1.54. The first-order valence-electron chi connectivity index (χ1n) is 5.52. The van der Waals surface area contributed by atoms with Crippen LogP contribution in [0.1, 0.15) is 26.5 Å². The van der Waals surface area contributed by atoms with Crippen molar-refractivity contribution in [2.75, 3.05) is 11.9 Å². The summed E-state index contributed by atoms with van der Waals surface area (Å²) in [5.74, 6) is -2.54. The van der Waals surface area contributed by atoms with Crippen molar-refractivity contribution in [3.05, 3.63) is 41.1 Å². The molecule has 0 atom stereocenters. The summed E-state index contributed by atoms with van der Waals surface area (Å²) in [7, 11) is 1.40. The molecule has 0 spiro atoms. The fourth-order valence-electron chi connectivity index (χ4n) is 1.62. The van der Waals surface area contributed by atoms with Crippen LogP contribution in [0.5, 0.6) is 0 Å². The maximum absolute atomic E-state index is 13.0. The maximum atomic E-state index is 13.0. The van der Waals surface area contributed by atoms with Crippen LogP contribution in [-0.2, 0) is 0 Å². The summed E-state index contributed by atoms with van der Waals surface area (Å²) in [5.41, 5.74) is 0.182. The number of rotatable bonds is 3. The van der Waals surface area contributed by atoms with Crippen LogP contribution in [0, 0.1) is 12.9 Å². The lowest BCUT2D eigenvalue weighted by Gasteiger charge is -2.15. The van der Waals surface area contributed by atoms with Crippen molar-refractivity contribution in [3.8, 4) is 0 Å². The van der Waals surface area contributed by atoms with Crippen molar-refractivity contribution in [2.45, 2.75) is 6.92 Å². The summed E-state index contributed by atoms with van der Waals surface area (Å²) in [4.78, 5) is 27.9. The molecule has 0 saturated heterocycles. The van der Waals surface area contributed by atoms with Crippen LogP contribution in [0.4, 0.5) is 9.39 Å². The molecule has 1 amide bonds. The molecule has 1 N–H and O–H groups in total. The van der Waals surface area contributed by atoms with Crippen molar-refractivity contribution in [1.82, 2.24) is 9.36 Å². The molecule has 0 aliphatic heterocycles. The van der Waals surface area contributed by atoms with Crippen LogP contribution < -0.4 is 4.90 Å². The number of carboxylic acids is 1. The first-order chi connectivity index (χ1) is 9.41. The Morgan fingerprint density at radius 1 is 1.40 bits per heavy atom. The number of aromatic nitrogens is 2. The molecule has 8 heteroatoms. The van der Waals surface area contributed by atoms with Gasteiger partial charge in [-0.3, -0.25) is 9.69 Å². The zero-order chi connectivity index (χ0) is 14.9. The molecule has 104 valence electrons. The summed E-state index contributed by atoms with van der Waals surface area (Å²) in [6, 6.07) is 3.84. The third kappa shape index (κ3) is 2.50. The van der Waals surface area contributed by atoms with E-state index in [1.807, 2.05) is 0 Å². The second-order valence-electron chi connectivity index (χ2n) is 3.96. The van der Waals surface area contributed by atoms with E-state index in [1.165, 1.54) is 19.2 Å². The van der Waals surface area contributed by atoms with Gasteiger partial charge in [0.05, 0.1) is 5.69 Å². The Bertz CT molecular complexity index is 686. The van der Waals surface area contributed by atoms with E-state index in [9.17, 15) is 14.0 Å². The number of carbonyl (C=O) groups is 2. The smallest absolute Gasteiger partial charge is 0.340 e. The number of aromatic carboxylic acids is 1. The Labute approximate surface area is 117 Å². The minimum atomic E-state index is -1.17. The summed E-state index contributed by atoms with van der Waals surface area (Å²) in [5, 5.41) is 9.32. The predicted molar refractivity (Wildman–Crippen MR) is 70.7 cm³/mol. The number of pyridine rings is 1. The van der Waals surface area contributed by atoms with Crippen LogP contribution in [0.15, 0.2) is 18.2 Å². The van der Waals surface area contributed by atoms with Crippen LogP contribution >= 0.6 is 11.5 Å². The van der Waals surface area contributed by atoms with Crippen molar-refractivity contribution >= 4 is 28.4 Å². The van der Waals surface area contributed by atoms with Gasteiger partial charge in [0.1, 0.15) is 16.3 Å². The molecular weight excluding hydrogens is 285 g/mol. The summed E-state index contributed by atoms with van der Waals surface area (Å²) in [6.07, 6.45) is 0. The molecule has 2 aromatic heterocycles. The molecule has 0 aliphatic carbocycles. The number of halogens is 1. The van der Waals surface area contributed by atoms with Gasteiger partial charge in [0.2, 0.25) is 5.95 Å². The van der Waals surface area contributed by atoms with Crippen molar-refractivity contribution in [3.63, 3.8) is 0 Å². The number of hydrogen-bond acceptors (Lipinski definition) is 5. The highest BCUT2D eigenvalue weighted by Crippen LogP contribution is 2.28. The van der Waals surface area contributed by atoms with E-state index < -0.39 is 17.8 Å². The molecular formula is C12H10FN3O3S. The van der Waals surface area contributed by atoms with Gasteiger partial charge in [0.25, 0.3) is 5.91 Å². The maximum Gasteiger partial charge on any atom is 0.340 e. The van der Waals surface area contributed by atoms with Crippen molar-refractivity contribution < 1.29 is 19.1 Å². The zero-order valence-electron chi connectivity index (χ0n) is 10.6. The average molecular weight is 295 g/mol. The lowest BCUT2D eigenvalue weighted by molar-refractivity contribution is 0.0697. The lowest BCUT2D eigenvalue weighted by Crippen LogP contribution is -2.28.